The van der Waals surface area contributed by atoms with Gasteiger partial charge in [0, 0.05) is 23.3 Å². The molecule has 9 nitrogen and oxygen atoms in total. The molecule has 0 saturated heterocycles. The molecule has 0 spiro atoms. The van der Waals surface area contributed by atoms with Crippen molar-refractivity contribution in [3.8, 4) is 17.2 Å². The molecule has 186 valence electrons. The van der Waals surface area contributed by atoms with Crippen LogP contribution < -0.4 is 11.1 Å². The number of nitrogens with two attached hydrogens (primary N) is 1. The summed E-state index contributed by atoms with van der Waals surface area (Å²) in [7, 11) is -2.37. The molecule has 11 heteroatoms. The highest BCUT2D eigenvalue weighted by atomic mass is 35.5. The predicted octanol–water partition coefficient (Wildman–Crippen LogP) is 3.41. The first kappa shape index (κ1) is 26.7. The Hall–Kier alpha value is -3.91. The highest BCUT2D eigenvalue weighted by Gasteiger charge is 2.29. The molecule has 3 aromatic carbocycles. The predicted molar refractivity (Wildman–Crippen MR) is 139 cm³/mol. The molecule has 1 atom stereocenters. The third-order valence-corrected chi connectivity index (χ3v) is 7.13. The number of hydrogen-bond donors (Lipinski definition) is 3. The van der Waals surface area contributed by atoms with Crippen molar-refractivity contribution in [3.05, 3.63) is 88.4 Å². The number of rotatable bonds is 8. The summed E-state index contributed by atoms with van der Waals surface area (Å²) in [5.41, 5.74) is 9.03. The van der Waals surface area contributed by atoms with Crippen LogP contribution in [0.5, 0.6) is 0 Å². The van der Waals surface area contributed by atoms with Crippen LogP contribution in [0.25, 0.3) is 11.1 Å². The molecule has 0 fully saturated rings. The fraction of sp³-hybridized carbons (Fsp3) is 0.160. The lowest BCUT2D eigenvalue weighted by atomic mass is 10.00. The van der Waals surface area contributed by atoms with E-state index >= 15 is 0 Å². The largest absolute Gasteiger partial charge is 0.409 e. The van der Waals surface area contributed by atoms with Gasteiger partial charge >= 0.3 is 0 Å². The minimum Gasteiger partial charge on any atom is -0.409 e. The van der Waals surface area contributed by atoms with Crippen molar-refractivity contribution in [1.82, 2.24) is 4.31 Å². The zero-order valence-corrected chi connectivity index (χ0v) is 21.1. The van der Waals surface area contributed by atoms with Crippen molar-refractivity contribution in [2.45, 2.75) is 12.5 Å². The van der Waals surface area contributed by atoms with Crippen LogP contribution in [0.4, 0.5) is 5.69 Å². The molecule has 3 aromatic rings. The molecule has 0 aliphatic heterocycles. The first-order valence-electron chi connectivity index (χ1n) is 10.6. The van der Waals surface area contributed by atoms with Crippen molar-refractivity contribution in [1.29, 1.82) is 5.26 Å². The summed E-state index contributed by atoms with van der Waals surface area (Å²) in [5.74, 6) is -0.635. The Labute approximate surface area is 214 Å². The minimum absolute atomic E-state index is 0.0519. The van der Waals surface area contributed by atoms with Crippen LogP contribution in [0.2, 0.25) is 5.02 Å². The zero-order valence-electron chi connectivity index (χ0n) is 19.5. The topological polar surface area (TPSA) is 149 Å². The molecule has 3 rings (SSSR count). The van der Waals surface area contributed by atoms with Crippen molar-refractivity contribution in [2.24, 2.45) is 10.9 Å². The fourth-order valence-electron chi connectivity index (χ4n) is 3.58. The van der Waals surface area contributed by atoms with Gasteiger partial charge in [-0.15, -0.1) is 0 Å². The summed E-state index contributed by atoms with van der Waals surface area (Å²) in [6.07, 6.45) is 1.07. The molecule has 0 aliphatic rings. The molecule has 1 amide bonds. The molecule has 0 heterocycles. The first-order valence-corrected chi connectivity index (χ1v) is 12.9. The van der Waals surface area contributed by atoms with Gasteiger partial charge in [0.25, 0.3) is 0 Å². The van der Waals surface area contributed by atoms with E-state index in [1.165, 1.54) is 7.05 Å². The molecule has 4 N–H and O–H groups in total. The lowest BCUT2D eigenvalue weighted by Gasteiger charge is -2.25. The number of carbonyl (C=O) groups excluding carboxylic acids is 1. The third-order valence-electron chi connectivity index (χ3n) is 5.59. The summed E-state index contributed by atoms with van der Waals surface area (Å²) in [6.45, 7) is 0. The summed E-state index contributed by atoms with van der Waals surface area (Å²) < 4.78 is 25.5. The molecule has 0 aliphatic carbocycles. The monoisotopic (exact) mass is 525 g/mol. The second kappa shape index (κ2) is 11.2. The van der Waals surface area contributed by atoms with Crippen LogP contribution >= 0.6 is 11.6 Å². The number of nitriles is 1. The Morgan fingerprint density at radius 2 is 1.89 bits per heavy atom. The maximum Gasteiger partial charge on any atom is 0.243 e. The van der Waals surface area contributed by atoms with E-state index < -0.39 is 22.0 Å². The van der Waals surface area contributed by atoms with Crippen molar-refractivity contribution in [3.63, 3.8) is 0 Å². The number of nitrogens with zero attached hydrogens (tertiary/aromatic N) is 3. The molecule has 0 aromatic heterocycles. The summed E-state index contributed by atoms with van der Waals surface area (Å²) in [5, 5.41) is 24.5. The summed E-state index contributed by atoms with van der Waals surface area (Å²) in [6, 6.07) is 19.5. The number of oxime groups is 1. The molecule has 0 saturated carbocycles. The van der Waals surface area contributed by atoms with Crippen LogP contribution in [0, 0.1) is 11.3 Å². The Morgan fingerprint density at radius 1 is 1.19 bits per heavy atom. The SMILES string of the molecule is CN(C(Cc1cccc(/C(N)=N/O)c1)C(=O)Nc1ccc(-c2ccc(Cl)cc2C#N)cc1)S(C)(=O)=O. The summed E-state index contributed by atoms with van der Waals surface area (Å²) >= 11 is 5.97. The van der Waals surface area contributed by atoms with E-state index in [2.05, 4.69) is 16.5 Å². The smallest absolute Gasteiger partial charge is 0.243 e. The van der Waals surface area contributed by atoms with E-state index in [-0.39, 0.29) is 12.3 Å². The van der Waals surface area contributed by atoms with E-state index in [9.17, 15) is 18.5 Å². The van der Waals surface area contributed by atoms with Crippen LogP contribution in [0.3, 0.4) is 0 Å². The van der Waals surface area contributed by atoms with E-state index in [4.69, 9.17) is 22.5 Å². The van der Waals surface area contributed by atoms with Gasteiger partial charge in [-0.25, -0.2) is 8.42 Å². The number of anilines is 1. The number of carbonyl (C=O) groups is 1. The summed E-state index contributed by atoms with van der Waals surface area (Å²) in [4.78, 5) is 13.2. The highest BCUT2D eigenvalue weighted by Crippen LogP contribution is 2.27. The van der Waals surface area contributed by atoms with E-state index in [1.807, 2.05) is 0 Å². The first-order chi connectivity index (χ1) is 17.0. The van der Waals surface area contributed by atoms with E-state index in [0.717, 1.165) is 16.1 Å². The lowest BCUT2D eigenvalue weighted by molar-refractivity contribution is -0.119. The standard InChI is InChI=1S/C25H24ClN5O4S/c1-31(36(2,34)35)23(13-16-4-3-5-18(12-16)24(28)30-33)25(32)29-21-9-6-17(7-10-21)22-11-8-20(26)14-19(22)15-27/h3-12,14,23,33H,13H2,1-2H3,(H2,28,30)(H,29,32). The second-order valence-corrected chi connectivity index (χ2v) is 10.5. The van der Waals surface area contributed by atoms with Crippen molar-refractivity contribution in [2.75, 3.05) is 18.6 Å². The van der Waals surface area contributed by atoms with Gasteiger partial charge in [0.1, 0.15) is 6.04 Å². The van der Waals surface area contributed by atoms with Crippen LogP contribution in [0.15, 0.2) is 71.9 Å². The number of amidine groups is 1. The maximum atomic E-state index is 13.2. The van der Waals surface area contributed by atoms with Gasteiger partial charge in [0.2, 0.25) is 15.9 Å². The number of nitrogens with one attached hydrogen (secondary N) is 1. The Kier molecular flexibility index (Phi) is 8.32. The van der Waals surface area contributed by atoms with Gasteiger partial charge in [-0.2, -0.15) is 9.57 Å². The van der Waals surface area contributed by atoms with Gasteiger partial charge in [0.15, 0.2) is 5.84 Å². The number of likely N-dealkylation sites (N-methyl/N-ethyl adjacent to an activating group) is 1. The third kappa shape index (κ3) is 6.40. The normalized spacial score (nSPS) is 12.7. The van der Waals surface area contributed by atoms with Gasteiger partial charge in [-0.3, -0.25) is 4.79 Å². The zero-order chi connectivity index (χ0) is 26.5. The number of hydrogen-bond acceptors (Lipinski definition) is 6. The maximum absolute atomic E-state index is 13.2. The molecule has 36 heavy (non-hydrogen) atoms. The van der Waals surface area contributed by atoms with Crippen LogP contribution in [0.1, 0.15) is 16.7 Å². The molecule has 0 radical (unpaired) electrons. The molecule has 0 bridgehead atoms. The lowest BCUT2D eigenvalue weighted by Crippen LogP contribution is -2.46. The number of benzene rings is 3. The molecule has 1 unspecified atom stereocenters. The fourth-order valence-corrected chi connectivity index (χ4v) is 4.38. The Balaban J connectivity index is 1.86. The van der Waals surface area contributed by atoms with Crippen molar-refractivity contribution < 1.29 is 18.4 Å². The number of sulfonamides is 1. The van der Waals surface area contributed by atoms with Gasteiger partial charge in [-0.1, -0.05) is 53.2 Å². The van der Waals surface area contributed by atoms with Crippen molar-refractivity contribution >= 4 is 39.1 Å². The highest BCUT2D eigenvalue weighted by molar-refractivity contribution is 7.88. The van der Waals surface area contributed by atoms with E-state index in [1.54, 1.807) is 66.7 Å². The number of amides is 1. The quantitative estimate of drug-likeness (QED) is 0.177. The van der Waals surface area contributed by atoms with Crippen LogP contribution in [-0.2, 0) is 21.2 Å². The van der Waals surface area contributed by atoms with Crippen LogP contribution in [-0.4, -0.2) is 49.0 Å². The average Bonchev–Trinajstić information content (AvgIpc) is 2.86. The second-order valence-electron chi connectivity index (χ2n) is 8.05. The van der Waals surface area contributed by atoms with Gasteiger partial charge in [-0.05, 0) is 53.4 Å². The van der Waals surface area contributed by atoms with Gasteiger partial charge < -0.3 is 16.3 Å². The minimum atomic E-state index is -3.70. The van der Waals surface area contributed by atoms with Gasteiger partial charge in [0.05, 0.1) is 17.9 Å². The molecular weight excluding hydrogens is 502 g/mol. The van der Waals surface area contributed by atoms with E-state index in [0.29, 0.717) is 33.0 Å². The Bertz CT molecular complexity index is 1450. The molecular formula is C25H24ClN5O4S. The Morgan fingerprint density at radius 3 is 2.50 bits per heavy atom. The average molecular weight is 526 g/mol. The number of halogens is 1.